The molecule has 1 aromatic heterocycles. The van der Waals surface area contributed by atoms with Crippen molar-refractivity contribution in [2.75, 3.05) is 37.4 Å². The minimum absolute atomic E-state index is 0.126. The van der Waals surface area contributed by atoms with Crippen LogP contribution in [-0.4, -0.2) is 83.0 Å². The molecule has 0 bridgehead atoms. The number of nitrogens with one attached hydrogen (secondary N) is 2. The van der Waals surface area contributed by atoms with Gasteiger partial charge in [-0.1, -0.05) is 12.1 Å². The van der Waals surface area contributed by atoms with E-state index in [2.05, 4.69) is 15.8 Å². The maximum atomic E-state index is 13.3. The predicted molar refractivity (Wildman–Crippen MR) is 144 cm³/mol. The molecule has 0 fully saturated rings. The van der Waals surface area contributed by atoms with E-state index in [0.717, 1.165) is 0 Å². The average molecular weight is 584 g/mol. The molecule has 3 N–H and O–H groups in total. The third-order valence-electron chi connectivity index (χ3n) is 6.90. The quantitative estimate of drug-likeness (QED) is 0.429. The van der Waals surface area contributed by atoms with Gasteiger partial charge in [0.2, 0.25) is 11.8 Å². The monoisotopic (exact) mass is 583 g/mol. The highest BCUT2D eigenvalue weighted by Crippen LogP contribution is 2.30. The molecule has 4 amide bonds. The number of anilines is 2. The lowest BCUT2D eigenvalue weighted by Gasteiger charge is -2.34. The second kappa shape index (κ2) is 13.2. The van der Waals surface area contributed by atoms with Crippen LogP contribution in [0.25, 0.3) is 0 Å². The van der Waals surface area contributed by atoms with Gasteiger partial charge in [0.05, 0.1) is 32.0 Å². The minimum atomic E-state index is -4.46. The molecule has 0 radical (unpaired) electrons. The Morgan fingerprint density at radius 3 is 2.59 bits per heavy atom. The van der Waals surface area contributed by atoms with Crippen molar-refractivity contribution in [1.29, 1.82) is 0 Å². The fourth-order valence-electron chi connectivity index (χ4n) is 4.42. The SMILES string of the molecule is Cc1noc(C)c1NC(=O)N(C)C[C@H]1Oc2ccc(NC(=O)CCC(F)(F)F)cc2CC(=O)N([C@@H](C)CO)C[C@H]1C. The van der Waals surface area contributed by atoms with E-state index < -0.39 is 43.1 Å². The molecule has 0 unspecified atom stereocenters. The summed E-state index contributed by atoms with van der Waals surface area (Å²) < 4.78 is 49.0. The molecule has 0 saturated carbocycles. The van der Waals surface area contributed by atoms with Gasteiger partial charge in [0.1, 0.15) is 23.2 Å². The summed E-state index contributed by atoms with van der Waals surface area (Å²) in [7, 11) is 1.59. The maximum Gasteiger partial charge on any atom is 0.389 e. The Kier molecular flexibility index (Phi) is 10.2. The number of fused-ring (bicyclic) bond motifs is 1. The van der Waals surface area contributed by atoms with E-state index in [-0.39, 0.29) is 43.6 Å². The van der Waals surface area contributed by atoms with Crippen molar-refractivity contribution in [1.82, 2.24) is 15.0 Å². The van der Waals surface area contributed by atoms with Crippen LogP contribution in [0.15, 0.2) is 22.7 Å². The topological polar surface area (TPSA) is 137 Å². The first kappa shape index (κ1) is 31.7. The van der Waals surface area contributed by atoms with Crippen LogP contribution in [0, 0.1) is 19.8 Å². The van der Waals surface area contributed by atoms with Crippen LogP contribution in [0.1, 0.15) is 43.7 Å². The number of halogens is 3. The number of hydrogen-bond donors (Lipinski definition) is 3. The predicted octanol–water partition coefficient (Wildman–Crippen LogP) is 3.89. The fraction of sp³-hybridized carbons (Fsp3) is 0.556. The summed E-state index contributed by atoms with van der Waals surface area (Å²) in [6.45, 7) is 7.05. The smallest absolute Gasteiger partial charge is 0.389 e. The highest BCUT2D eigenvalue weighted by molar-refractivity contribution is 5.91. The number of carbonyl (C=O) groups is 3. The molecule has 0 spiro atoms. The zero-order chi connectivity index (χ0) is 30.5. The van der Waals surface area contributed by atoms with Crippen LogP contribution in [0.2, 0.25) is 0 Å². The van der Waals surface area contributed by atoms with E-state index in [4.69, 9.17) is 9.26 Å². The third kappa shape index (κ3) is 8.59. The second-order valence-corrected chi connectivity index (χ2v) is 10.4. The van der Waals surface area contributed by atoms with E-state index >= 15 is 0 Å². The molecule has 2 heterocycles. The Hall–Kier alpha value is -3.81. The van der Waals surface area contributed by atoms with E-state index in [1.165, 1.54) is 28.0 Å². The van der Waals surface area contributed by atoms with Gasteiger partial charge in [-0.15, -0.1) is 0 Å². The first-order valence-electron chi connectivity index (χ1n) is 13.2. The van der Waals surface area contributed by atoms with Gasteiger partial charge in [0.25, 0.3) is 0 Å². The zero-order valence-electron chi connectivity index (χ0n) is 23.7. The van der Waals surface area contributed by atoms with E-state index in [1.807, 2.05) is 6.92 Å². The third-order valence-corrected chi connectivity index (χ3v) is 6.90. The van der Waals surface area contributed by atoms with Crippen molar-refractivity contribution < 1.29 is 41.9 Å². The second-order valence-electron chi connectivity index (χ2n) is 10.4. The summed E-state index contributed by atoms with van der Waals surface area (Å²) in [6, 6.07) is 3.58. The summed E-state index contributed by atoms with van der Waals surface area (Å²) in [6.07, 6.45) is -7.18. The first-order chi connectivity index (χ1) is 19.2. The van der Waals surface area contributed by atoms with Gasteiger partial charge in [-0.25, -0.2) is 4.79 Å². The van der Waals surface area contributed by atoms with E-state index in [9.17, 15) is 32.7 Å². The van der Waals surface area contributed by atoms with Gasteiger partial charge < -0.3 is 34.8 Å². The number of ether oxygens (including phenoxy) is 1. The normalized spacial score (nSPS) is 18.4. The Balaban J connectivity index is 1.85. The molecule has 226 valence electrons. The van der Waals surface area contributed by atoms with Crippen molar-refractivity contribution in [3.8, 4) is 5.75 Å². The maximum absolute atomic E-state index is 13.3. The van der Waals surface area contributed by atoms with Gasteiger partial charge in [0.15, 0.2) is 5.76 Å². The number of aromatic nitrogens is 1. The lowest BCUT2D eigenvalue weighted by molar-refractivity contribution is -0.142. The number of amides is 4. The molecule has 0 aliphatic carbocycles. The molecular weight excluding hydrogens is 547 g/mol. The number of alkyl halides is 3. The van der Waals surface area contributed by atoms with Crippen molar-refractivity contribution >= 4 is 29.2 Å². The van der Waals surface area contributed by atoms with Crippen LogP contribution in [0.3, 0.4) is 0 Å². The fourth-order valence-corrected chi connectivity index (χ4v) is 4.42. The average Bonchev–Trinajstić information content (AvgIpc) is 3.23. The van der Waals surface area contributed by atoms with Crippen molar-refractivity contribution in [2.45, 2.75) is 65.3 Å². The van der Waals surface area contributed by atoms with Gasteiger partial charge in [0, 0.05) is 37.2 Å². The number of carbonyl (C=O) groups excluding carboxylic acids is 3. The van der Waals surface area contributed by atoms with Crippen LogP contribution < -0.4 is 15.4 Å². The summed E-state index contributed by atoms with van der Waals surface area (Å²) in [5.74, 6) is -0.602. The highest BCUT2D eigenvalue weighted by Gasteiger charge is 2.32. The number of aliphatic hydroxyl groups excluding tert-OH is 1. The molecule has 1 aromatic carbocycles. The number of nitrogens with zero attached hydrogens (tertiary/aromatic N) is 3. The molecule has 1 aliphatic rings. The van der Waals surface area contributed by atoms with Crippen LogP contribution in [0.4, 0.5) is 29.3 Å². The summed E-state index contributed by atoms with van der Waals surface area (Å²) in [4.78, 5) is 41.3. The Morgan fingerprint density at radius 1 is 1.27 bits per heavy atom. The number of likely N-dealkylation sites (N-methyl/N-ethyl adjacent to an activating group) is 1. The largest absolute Gasteiger partial charge is 0.488 e. The standard InChI is InChI=1S/C27H36F3N5O6/c1-15-12-35(16(2)14-36)24(38)11-19-10-20(31-23(37)8-9-27(28,29)30)6-7-21(19)40-22(15)13-34(5)26(39)32-25-17(3)33-41-18(25)4/h6-7,10,15-16,22,36H,8-9,11-14H2,1-5H3,(H,31,37)(H,32,39)/t15-,16+,22-/m1/s1. The molecule has 2 aromatic rings. The first-order valence-corrected chi connectivity index (χ1v) is 13.2. The molecule has 3 rings (SSSR count). The highest BCUT2D eigenvalue weighted by atomic mass is 19.4. The van der Waals surface area contributed by atoms with Crippen molar-refractivity contribution in [2.24, 2.45) is 5.92 Å². The molecule has 41 heavy (non-hydrogen) atoms. The number of urea groups is 1. The van der Waals surface area contributed by atoms with Gasteiger partial charge >= 0.3 is 12.2 Å². The molecular formula is C27H36F3N5O6. The molecule has 1 aliphatic heterocycles. The summed E-state index contributed by atoms with van der Waals surface area (Å²) in [5, 5.41) is 18.8. The summed E-state index contributed by atoms with van der Waals surface area (Å²) >= 11 is 0. The number of aliphatic hydroxyl groups is 1. The van der Waals surface area contributed by atoms with Crippen LogP contribution >= 0.6 is 0 Å². The molecule has 0 saturated heterocycles. The number of rotatable bonds is 8. The van der Waals surface area contributed by atoms with Crippen molar-refractivity contribution in [3.63, 3.8) is 0 Å². The number of hydrogen-bond acceptors (Lipinski definition) is 7. The lowest BCUT2D eigenvalue weighted by Crippen LogP contribution is -2.48. The Morgan fingerprint density at radius 2 is 1.98 bits per heavy atom. The van der Waals surface area contributed by atoms with Gasteiger partial charge in [-0.3, -0.25) is 9.59 Å². The van der Waals surface area contributed by atoms with E-state index in [0.29, 0.717) is 28.5 Å². The Labute approximate surface area is 236 Å². The lowest BCUT2D eigenvalue weighted by atomic mass is 10.0. The zero-order valence-corrected chi connectivity index (χ0v) is 23.7. The van der Waals surface area contributed by atoms with Crippen LogP contribution in [0.5, 0.6) is 5.75 Å². The van der Waals surface area contributed by atoms with E-state index in [1.54, 1.807) is 27.8 Å². The molecule has 3 atom stereocenters. The molecule has 14 heteroatoms. The van der Waals surface area contributed by atoms with Gasteiger partial charge in [-0.2, -0.15) is 13.2 Å². The van der Waals surface area contributed by atoms with Crippen molar-refractivity contribution in [3.05, 3.63) is 35.2 Å². The van der Waals surface area contributed by atoms with Gasteiger partial charge in [-0.05, 0) is 39.0 Å². The minimum Gasteiger partial charge on any atom is -0.488 e. The number of benzene rings is 1. The Bertz CT molecular complexity index is 1230. The summed E-state index contributed by atoms with van der Waals surface area (Å²) in [5.41, 5.74) is 1.61. The number of aryl methyl sites for hydroxylation is 2. The van der Waals surface area contributed by atoms with Crippen LogP contribution in [-0.2, 0) is 16.0 Å². The molecule has 11 nitrogen and oxygen atoms in total.